The smallest absolute Gasteiger partial charge is 0.0949 e. The van der Waals surface area contributed by atoms with E-state index in [1.54, 1.807) is 0 Å². The van der Waals surface area contributed by atoms with Crippen LogP contribution in [0.5, 0.6) is 0 Å². The second-order valence-corrected chi connectivity index (χ2v) is 8.41. The topological polar surface area (TPSA) is 44.0 Å². The SMILES string of the molecule is C[C@]12CC[C@@H]3C[C@@H]4C[C@@H](O)CC[C@H]4C[C@H]3[C@@H]1CC=C2C#N. The molecule has 0 amide bonds. The molecule has 0 aromatic heterocycles. The number of hydrogen-bond donors (Lipinski definition) is 1. The molecule has 2 heteroatoms. The minimum absolute atomic E-state index is 0.0324. The van der Waals surface area contributed by atoms with Gasteiger partial charge in [-0.25, -0.2) is 0 Å². The van der Waals surface area contributed by atoms with E-state index in [0.717, 1.165) is 54.4 Å². The molecule has 0 saturated heterocycles. The minimum atomic E-state index is -0.0324. The van der Waals surface area contributed by atoms with Crippen LogP contribution >= 0.6 is 0 Å². The first kappa shape index (κ1) is 13.8. The Bertz CT molecular complexity index is 504. The number of aliphatic hydroxyl groups excluding tert-OH is 1. The molecule has 21 heavy (non-hydrogen) atoms. The number of fused-ring (bicyclic) bond motifs is 4. The molecular formula is C19H27NO. The van der Waals surface area contributed by atoms with Crippen LogP contribution in [0.2, 0.25) is 0 Å². The molecule has 4 aliphatic carbocycles. The molecule has 0 aromatic carbocycles. The predicted molar refractivity (Wildman–Crippen MR) is 82.2 cm³/mol. The van der Waals surface area contributed by atoms with Gasteiger partial charge in [-0.1, -0.05) is 13.0 Å². The van der Waals surface area contributed by atoms with Gasteiger partial charge in [0.25, 0.3) is 0 Å². The largest absolute Gasteiger partial charge is 0.393 e. The zero-order valence-electron chi connectivity index (χ0n) is 13.1. The molecule has 1 N–H and O–H groups in total. The molecule has 0 bridgehead atoms. The first-order valence-corrected chi connectivity index (χ1v) is 8.90. The Balaban J connectivity index is 1.56. The van der Waals surface area contributed by atoms with Crippen molar-refractivity contribution in [3.05, 3.63) is 11.6 Å². The van der Waals surface area contributed by atoms with Gasteiger partial charge < -0.3 is 5.11 Å². The molecule has 2 nitrogen and oxygen atoms in total. The van der Waals surface area contributed by atoms with Gasteiger partial charge in [-0.15, -0.1) is 0 Å². The summed E-state index contributed by atoms with van der Waals surface area (Å²) in [5.74, 6) is 4.05. The molecule has 4 rings (SSSR count). The standard InChI is InChI=1S/C19H27NO/c1-19-7-6-13-8-14-9-16(21)4-2-12(14)10-17(13)18(19)5-3-15(19)11-20/h3,12-14,16-18,21H,2,4-10H2,1H3/t12-,13+,14+,16-,17+,18-,19+/m0/s1. The predicted octanol–water partition coefficient (Wildman–Crippen LogP) is 4.06. The number of nitrogens with zero attached hydrogens (tertiary/aromatic N) is 1. The van der Waals surface area contributed by atoms with Gasteiger partial charge in [-0.3, -0.25) is 0 Å². The lowest BCUT2D eigenvalue weighted by Gasteiger charge is -2.53. The van der Waals surface area contributed by atoms with Crippen molar-refractivity contribution in [3.63, 3.8) is 0 Å². The highest BCUT2D eigenvalue weighted by Gasteiger charge is 2.53. The van der Waals surface area contributed by atoms with E-state index in [1.807, 2.05) is 0 Å². The zero-order valence-corrected chi connectivity index (χ0v) is 13.1. The molecule has 3 fully saturated rings. The van der Waals surface area contributed by atoms with Crippen molar-refractivity contribution >= 4 is 0 Å². The maximum absolute atomic E-state index is 9.96. The van der Waals surface area contributed by atoms with Crippen molar-refractivity contribution in [3.8, 4) is 6.07 Å². The highest BCUT2D eigenvalue weighted by atomic mass is 16.3. The van der Waals surface area contributed by atoms with Crippen LogP contribution in [0.4, 0.5) is 0 Å². The Labute approximate surface area is 128 Å². The highest BCUT2D eigenvalue weighted by molar-refractivity contribution is 5.35. The molecular weight excluding hydrogens is 258 g/mol. The number of aliphatic hydroxyl groups is 1. The summed E-state index contributed by atoms with van der Waals surface area (Å²) < 4.78 is 0. The molecule has 3 saturated carbocycles. The molecule has 114 valence electrons. The van der Waals surface area contributed by atoms with Gasteiger partial charge in [0.2, 0.25) is 0 Å². The van der Waals surface area contributed by atoms with Crippen LogP contribution in [0.1, 0.15) is 58.3 Å². The van der Waals surface area contributed by atoms with Gasteiger partial charge in [0.05, 0.1) is 12.2 Å². The van der Waals surface area contributed by atoms with E-state index in [0.29, 0.717) is 0 Å². The lowest BCUT2D eigenvalue weighted by Crippen LogP contribution is -2.46. The van der Waals surface area contributed by atoms with Gasteiger partial charge in [0, 0.05) is 11.0 Å². The van der Waals surface area contributed by atoms with Crippen LogP contribution in [-0.2, 0) is 0 Å². The summed E-state index contributed by atoms with van der Waals surface area (Å²) in [5.41, 5.74) is 1.25. The molecule has 0 aliphatic heterocycles. The summed E-state index contributed by atoms with van der Waals surface area (Å²) in [4.78, 5) is 0. The maximum atomic E-state index is 9.96. The van der Waals surface area contributed by atoms with Crippen LogP contribution in [0, 0.1) is 46.3 Å². The second kappa shape index (κ2) is 4.85. The monoisotopic (exact) mass is 285 g/mol. The van der Waals surface area contributed by atoms with Gasteiger partial charge in [0.15, 0.2) is 0 Å². The second-order valence-electron chi connectivity index (χ2n) is 8.41. The van der Waals surface area contributed by atoms with Gasteiger partial charge in [0.1, 0.15) is 0 Å². The fourth-order valence-electron chi connectivity index (χ4n) is 6.40. The Morgan fingerprint density at radius 2 is 2.00 bits per heavy atom. The third kappa shape index (κ3) is 2.00. The Kier molecular flexibility index (Phi) is 3.19. The van der Waals surface area contributed by atoms with Crippen molar-refractivity contribution in [2.24, 2.45) is 35.0 Å². The van der Waals surface area contributed by atoms with Crippen LogP contribution in [0.15, 0.2) is 11.6 Å². The maximum Gasteiger partial charge on any atom is 0.0949 e. The summed E-state index contributed by atoms with van der Waals surface area (Å²) in [5, 5.41) is 19.4. The van der Waals surface area contributed by atoms with Crippen LogP contribution in [-0.4, -0.2) is 11.2 Å². The molecule has 0 radical (unpaired) electrons. The Hall–Kier alpha value is -0.810. The number of hydrogen-bond acceptors (Lipinski definition) is 2. The quantitative estimate of drug-likeness (QED) is 0.729. The Morgan fingerprint density at radius 3 is 2.81 bits per heavy atom. The number of rotatable bonds is 0. The van der Waals surface area contributed by atoms with Gasteiger partial charge in [-0.2, -0.15) is 5.26 Å². The molecule has 0 heterocycles. The third-order valence-corrected chi connectivity index (χ3v) is 7.58. The van der Waals surface area contributed by atoms with Crippen molar-refractivity contribution < 1.29 is 5.11 Å². The summed E-state index contributed by atoms with van der Waals surface area (Å²) >= 11 is 0. The van der Waals surface area contributed by atoms with E-state index in [9.17, 15) is 10.4 Å². The minimum Gasteiger partial charge on any atom is -0.393 e. The zero-order chi connectivity index (χ0) is 14.6. The van der Waals surface area contributed by atoms with Gasteiger partial charge >= 0.3 is 0 Å². The van der Waals surface area contributed by atoms with Crippen molar-refractivity contribution in [2.45, 2.75) is 64.4 Å². The average Bonchev–Trinajstić information content (AvgIpc) is 2.82. The normalized spacial score (nSPS) is 52.1. The fourth-order valence-corrected chi connectivity index (χ4v) is 6.40. The summed E-state index contributed by atoms with van der Waals surface area (Å²) in [6.45, 7) is 2.35. The van der Waals surface area contributed by atoms with Crippen molar-refractivity contribution in [1.29, 1.82) is 5.26 Å². The third-order valence-electron chi connectivity index (χ3n) is 7.58. The van der Waals surface area contributed by atoms with E-state index in [2.05, 4.69) is 19.1 Å². The molecule has 7 atom stereocenters. The van der Waals surface area contributed by atoms with Crippen molar-refractivity contribution in [1.82, 2.24) is 0 Å². The summed E-state index contributed by atoms with van der Waals surface area (Å²) in [6, 6.07) is 2.49. The molecule has 0 unspecified atom stereocenters. The van der Waals surface area contributed by atoms with E-state index >= 15 is 0 Å². The lowest BCUT2D eigenvalue weighted by atomic mass is 9.51. The fraction of sp³-hybridized carbons (Fsp3) is 0.842. The van der Waals surface area contributed by atoms with Crippen molar-refractivity contribution in [2.75, 3.05) is 0 Å². The molecule has 4 aliphatic rings. The lowest BCUT2D eigenvalue weighted by molar-refractivity contribution is -0.0451. The van der Waals surface area contributed by atoms with E-state index < -0.39 is 0 Å². The van der Waals surface area contributed by atoms with E-state index in [1.165, 1.54) is 32.1 Å². The first-order chi connectivity index (χ1) is 10.1. The van der Waals surface area contributed by atoms with E-state index in [-0.39, 0.29) is 11.5 Å². The Morgan fingerprint density at radius 1 is 1.14 bits per heavy atom. The summed E-state index contributed by atoms with van der Waals surface area (Å²) in [7, 11) is 0. The molecule has 0 aromatic rings. The van der Waals surface area contributed by atoms with Gasteiger partial charge in [-0.05, 0) is 81.0 Å². The highest BCUT2D eigenvalue weighted by Crippen LogP contribution is 2.61. The number of allylic oxidation sites excluding steroid dienone is 2. The average molecular weight is 285 g/mol. The van der Waals surface area contributed by atoms with Crippen LogP contribution < -0.4 is 0 Å². The molecule has 0 spiro atoms. The van der Waals surface area contributed by atoms with Crippen LogP contribution in [0.3, 0.4) is 0 Å². The van der Waals surface area contributed by atoms with Crippen LogP contribution in [0.25, 0.3) is 0 Å². The summed E-state index contributed by atoms with van der Waals surface area (Å²) in [6.07, 6.45) is 11.9. The van der Waals surface area contributed by atoms with E-state index in [4.69, 9.17) is 0 Å². The first-order valence-electron chi connectivity index (χ1n) is 8.90. The number of nitriles is 1.